The highest BCUT2D eigenvalue weighted by Crippen LogP contribution is 2.37. The number of halogens is 1. The first-order valence-corrected chi connectivity index (χ1v) is 7.28. The largest absolute Gasteiger partial charge is 0.484 e. The molecule has 0 amide bonds. The third kappa shape index (κ3) is 2.14. The van der Waals surface area contributed by atoms with Crippen molar-refractivity contribution in [3.63, 3.8) is 0 Å². The molecule has 0 N–H and O–H groups in total. The Morgan fingerprint density at radius 2 is 1.95 bits per heavy atom. The SMILES string of the molecule is Cc1c(-c2ccc3cnc(Cl)nc3c2)cnc2c1OCCO2. The highest BCUT2D eigenvalue weighted by Gasteiger charge is 2.19. The number of nitrogens with zero attached hydrogens (tertiary/aromatic N) is 3. The van der Waals surface area contributed by atoms with Crippen LogP contribution in [-0.4, -0.2) is 28.2 Å². The Morgan fingerprint density at radius 1 is 1.09 bits per heavy atom. The van der Waals surface area contributed by atoms with Crippen molar-refractivity contribution in [3.8, 4) is 22.8 Å². The number of rotatable bonds is 1. The van der Waals surface area contributed by atoms with E-state index in [1.807, 2.05) is 25.1 Å². The maximum absolute atomic E-state index is 5.87. The van der Waals surface area contributed by atoms with Gasteiger partial charge in [-0.3, -0.25) is 0 Å². The number of aromatic nitrogens is 3. The molecule has 0 bridgehead atoms. The van der Waals surface area contributed by atoms with Crippen molar-refractivity contribution >= 4 is 22.5 Å². The Labute approximate surface area is 131 Å². The van der Waals surface area contributed by atoms with Gasteiger partial charge in [0.25, 0.3) is 5.88 Å². The standard InChI is InChI=1S/C16H12ClN3O2/c1-9-12(8-18-15-14(9)21-4-5-22-15)10-2-3-11-7-19-16(17)20-13(11)6-10/h2-3,6-8H,4-5H2,1H3. The van der Waals surface area contributed by atoms with E-state index in [2.05, 4.69) is 15.0 Å². The van der Waals surface area contributed by atoms with Gasteiger partial charge >= 0.3 is 0 Å². The second-order valence-corrected chi connectivity index (χ2v) is 5.38. The average molecular weight is 314 g/mol. The normalized spacial score (nSPS) is 13.4. The van der Waals surface area contributed by atoms with E-state index in [4.69, 9.17) is 21.1 Å². The van der Waals surface area contributed by atoms with Crippen molar-refractivity contribution in [1.82, 2.24) is 15.0 Å². The summed E-state index contributed by atoms with van der Waals surface area (Å²) < 4.78 is 11.2. The maximum atomic E-state index is 5.87. The van der Waals surface area contributed by atoms with Crippen molar-refractivity contribution in [2.45, 2.75) is 6.92 Å². The van der Waals surface area contributed by atoms with E-state index in [1.165, 1.54) is 0 Å². The molecule has 1 aliphatic heterocycles. The molecule has 6 heteroatoms. The van der Waals surface area contributed by atoms with E-state index in [-0.39, 0.29) is 5.28 Å². The molecule has 22 heavy (non-hydrogen) atoms. The summed E-state index contributed by atoms with van der Waals surface area (Å²) in [6.07, 6.45) is 3.51. The number of fused-ring (bicyclic) bond motifs is 2. The van der Waals surface area contributed by atoms with Crippen LogP contribution in [0.1, 0.15) is 5.56 Å². The molecule has 2 aromatic heterocycles. The summed E-state index contributed by atoms with van der Waals surface area (Å²) in [5.74, 6) is 1.27. The highest BCUT2D eigenvalue weighted by molar-refractivity contribution is 6.28. The molecule has 1 aromatic carbocycles. The fraction of sp³-hybridized carbons (Fsp3) is 0.188. The van der Waals surface area contributed by atoms with Crippen molar-refractivity contribution in [3.05, 3.63) is 41.4 Å². The number of ether oxygens (including phenoxy) is 2. The fourth-order valence-corrected chi connectivity index (χ4v) is 2.72. The molecule has 0 radical (unpaired) electrons. The minimum Gasteiger partial charge on any atom is -0.484 e. The summed E-state index contributed by atoms with van der Waals surface area (Å²) >= 11 is 5.87. The molecule has 4 rings (SSSR count). The lowest BCUT2D eigenvalue weighted by Gasteiger charge is -2.20. The van der Waals surface area contributed by atoms with E-state index in [9.17, 15) is 0 Å². The molecule has 3 aromatic rings. The topological polar surface area (TPSA) is 57.1 Å². The first kappa shape index (κ1) is 13.3. The Balaban J connectivity index is 1.88. The summed E-state index contributed by atoms with van der Waals surface area (Å²) in [5, 5.41) is 1.18. The Morgan fingerprint density at radius 3 is 2.86 bits per heavy atom. The van der Waals surface area contributed by atoms with Crippen LogP contribution in [0.5, 0.6) is 11.6 Å². The van der Waals surface area contributed by atoms with Gasteiger partial charge in [-0.15, -0.1) is 0 Å². The van der Waals surface area contributed by atoms with Crippen LogP contribution in [0.4, 0.5) is 0 Å². The number of hydrogen-bond acceptors (Lipinski definition) is 5. The molecule has 0 fully saturated rings. The lowest BCUT2D eigenvalue weighted by atomic mass is 10.0. The molecule has 0 saturated heterocycles. The predicted molar refractivity (Wildman–Crippen MR) is 83.5 cm³/mol. The second-order valence-electron chi connectivity index (χ2n) is 5.04. The Bertz CT molecular complexity index is 883. The van der Waals surface area contributed by atoms with Gasteiger partial charge in [-0.2, -0.15) is 0 Å². The molecule has 0 unspecified atom stereocenters. The van der Waals surface area contributed by atoms with Crippen molar-refractivity contribution in [2.24, 2.45) is 0 Å². The van der Waals surface area contributed by atoms with Gasteiger partial charge in [-0.05, 0) is 30.2 Å². The minimum atomic E-state index is 0.238. The van der Waals surface area contributed by atoms with Crippen molar-refractivity contribution in [1.29, 1.82) is 0 Å². The minimum absolute atomic E-state index is 0.238. The van der Waals surface area contributed by atoms with E-state index >= 15 is 0 Å². The van der Waals surface area contributed by atoms with E-state index in [1.54, 1.807) is 12.4 Å². The van der Waals surface area contributed by atoms with Crippen molar-refractivity contribution < 1.29 is 9.47 Å². The first-order chi connectivity index (χ1) is 10.7. The zero-order valence-corrected chi connectivity index (χ0v) is 12.6. The summed E-state index contributed by atoms with van der Waals surface area (Å²) in [6.45, 7) is 3.07. The third-order valence-electron chi connectivity index (χ3n) is 3.68. The van der Waals surface area contributed by atoms with Crippen LogP contribution in [0.2, 0.25) is 5.28 Å². The van der Waals surface area contributed by atoms with Crippen LogP contribution in [0.15, 0.2) is 30.6 Å². The van der Waals surface area contributed by atoms with Crippen LogP contribution < -0.4 is 9.47 Å². The monoisotopic (exact) mass is 313 g/mol. The van der Waals surface area contributed by atoms with Crippen LogP contribution in [0.3, 0.4) is 0 Å². The van der Waals surface area contributed by atoms with Crippen LogP contribution >= 0.6 is 11.6 Å². The summed E-state index contributed by atoms with van der Waals surface area (Å²) in [7, 11) is 0. The van der Waals surface area contributed by atoms with E-state index in [0.29, 0.717) is 24.8 Å². The average Bonchev–Trinajstić information content (AvgIpc) is 2.55. The number of benzene rings is 1. The Hall–Kier alpha value is -2.40. The maximum Gasteiger partial charge on any atom is 0.257 e. The van der Waals surface area contributed by atoms with Gasteiger partial charge in [0, 0.05) is 28.9 Å². The van der Waals surface area contributed by atoms with Gasteiger partial charge in [-0.1, -0.05) is 12.1 Å². The lowest BCUT2D eigenvalue weighted by molar-refractivity contribution is 0.163. The molecule has 5 nitrogen and oxygen atoms in total. The van der Waals surface area contributed by atoms with Gasteiger partial charge in [0.2, 0.25) is 5.28 Å². The molecule has 0 aliphatic carbocycles. The van der Waals surface area contributed by atoms with Crippen LogP contribution in [0.25, 0.3) is 22.0 Å². The molecular formula is C16H12ClN3O2. The predicted octanol–water partition coefficient (Wildman–Crippen LogP) is 3.42. The van der Waals surface area contributed by atoms with Gasteiger partial charge in [0.05, 0.1) is 5.52 Å². The molecule has 110 valence electrons. The number of pyridine rings is 1. The van der Waals surface area contributed by atoms with Crippen LogP contribution in [0, 0.1) is 6.92 Å². The molecule has 0 saturated carbocycles. The zero-order chi connectivity index (χ0) is 15.1. The second kappa shape index (κ2) is 5.10. The summed E-state index contributed by atoms with van der Waals surface area (Å²) in [4.78, 5) is 12.6. The smallest absolute Gasteiger partial charge is 0.257 e. The molecular weight excluding hydrogens is 302 g/mol. The quantitative estimate of drug-likeness (QED) is 0.644. The first-order valence-electron chi connectivity index (χ1n) is 6.90. The van der Waals surface area contributed by atoms with E-state index < -0.39 is 0 Å². The Kier molecular flexibility index (Phi) is 3.08. The molecule has 0 atom stereocenters. The molecule has 3 heterocycles. The van der Waals surface area contributed by atoms with E-state index in [0.717, 1.165) is 27.6 Å². The number of hydrogen-bond donors (Lipinski definition) is 0. The fourth-order valence-electron chi connectivity index (χ4n) is 2.58. The van der Waals surface area contributed by atoms with Gasteiger partial charge < -0.3 is 9.47 Å². The van der Waals surface area contributed by atoms with Gasteiger partial charge in [-0.25, -0.2) is 15.0 Å². The highest BCUT2D eigenvalue weighted by atomic mass is 35.5. The molecule has 0 spiro atoms. The third-order valence-corrected chi connectivity index (χ3v) is 3.86. The molecule has 1 aliphatic rings. The summed E-state index contributed by atoms with van der Waals surface area (Å²) in [5.41, 5.74) is 3.79. The van der Waals surface area contributed by atoms with Gasteiger partial charge in [0.1, 0.15) is 13.2 Å². The van der Waals surface area contributed by atoms with Crippen LogP contribution in [-0.2, 0) is 0 Å². The van der Waals surface area contributed by atoms with Gasteiger partial charge in [0.15, 0.2) is 5.75 Å². The lowest BCUT2D eigenvalue weighted by Crippen LogP contribution is -2.17. The zero-order valence-electron chi connectivity index (χ0n) is 11.8. The summed E-state index contributed by atoms with van der Waals surface area (Å²) in [6, 6.07) is 5.96. The van der Waals surface area contributed by atoms with Crippen molar-refractivity contribution in [2.75, 3.05) is 13.2 Å².